The van der Waals surface area contributed by atoms with Crippen LogP contribution in [0.5, 0.6) is 0 Å². The molecule has 0 bridgehead atoms. The molecule has 27 heavy (non-hydrogen) atoms. The molecule has 148 valence electrons. The van der Waals surface area contributed by atoms with Gasteiger partial charge in [0.05, 0.1) is 5.69 Å². The second-order valence-electron chi connectivity index (χ2n) is 7.78. The van der Waals surface area contributed by atoms with Crippen molar-refractivity contribution in [2.24, 2.45) is 0 Å². The number of carbonyl (C=O) groups is 1. The molecule has 5 atom stereocenters. The van der Waals surface area contributed by atoms with Gasteiger partial charge >= 0.3 is 0 Å². The zero-order valence-corrected chi connectivity index (χ0v) is 16.9. The molecule has 3 heterocycles. The van der Waals surface area contributed by atoms with E-state index in [1.54, 1.807) is 11.8 Å². The Bertz CT molecular complexity index is 739. The minimum atomic E-state index is -0.870. The van der Waals surface area contributed by atoms with Crippen LogP contribution in [0, 0.1) is 0 Å². The van der Waals surface area contributed by atoms with Gasteiger partial charge < -0.3 is 29.0 Å². The molecule has 7 nitrogen and oxygen atoms in total. The zero-order chi connectivity index (χ0) is 19.4. The number of amides is 1. The Balaban J connectivity index is 1.59. The van der Waals surface area contributed by atoms with Crippen LogP contribution in [-0.2, 0) is 28.5 Å². The first-order valence-electron chi connectivity index (χ1n) is 9.00. The van der Waals surface area contributed by atoms with Gasteiger partial charge in [0.25, 0.3) is 5.91 Å². The van der Waals surface area contributed by atoms with Gasteiger partial charge in [0.1, 0.15) is 18.3 Å². The quantitative estimate of drug-likeness (QED) is 0.789. The minimum Gasteiger partial charge on any atom is -0.342 e. The smallest absolute Gasteiger partial charge is 0.256 e. The van der Waals surface area contributed by atoms with Crippen molar-refractivity contribution < 1.29 is 28.5 Å². The number of ether oxygens (including phenoxy) is 5. The second kappa shape index (κ2) is 6.72. The predicted molar refractivity (Wildman–Crippen MR) is 99.4 cm³/mol. The first-order valence-corrected chi connectivity index (χ1v) is 10.2. The highest BCUT2D eigenvalue weighted by atomic mass is 32.2. The number of nitrogens with one attached hydrogen (secondary N) is 1. The first kappa shape index (κ1) is 19.2. The molecule has 1 amide bonds. The van der Waals surface area contributed by atoms with Crippen LogP contribution in [0.15, 0.2) is 29.2 Å². The Morgan fingerprint density at radius 3 is 2.33 bits per heavy atom. The van der Waals surface area contributed by atoms with E-state index in [2.05, 4.69) is 5.32 Å². The van der Waals surface area contributed by atoms with Crippen molar-refractivity contribution in [3.05, 3.63) is 24.3 Å². The van der Waals surface area contributed by atoms with Crippen LogP contribution in [0.2, 0.25) is 0 Å². The van der Waals surface area contributed by atoms with Gasteiger partial charge in [-0.3, -0.25) is 4.79 Å². The van der Waals surface area contributed by atoms with Gasteiger partial charge in [-0.15, -0.1) is 11.8 Å². The number of hydrogen-bond donors (Lipinski definition) is 1. The average molecular weight is 395 g/mol. The molecule has 1 N–H and O–H groups in total. The summed E-state index contributed by atoms with van der Waals surface area (Å²) in [6.45, 7) is 7.27. The normalized spacial score (nSPS) is 36.1. The maximum Gasteiger partial charge on any atom is 0.256 e. The number of rotatable bonds is 3. The number of carbonyl (C=O) groups excluding carboxylic acids is 1. The minimum absolute atomic E-state index is 0.292. The zero-order valence-electron chi connectivity index (χ0n) is 16.1. The summed E-state index contributed by atoms with van der Waals surface area (Å²) in [5, 5.41) is 2.96. The van der Waals surface area contributed by atoms with Gasteiger partial charge in [0, 0.05) is 4.90 Å². The van der Waals surface area contributed by atoms with Gasteiger partial charge in [-0.25, -0.2) is 0 Å². The molecule has 3 aliphatic rings. The Hall–Kier alpha value is -1.16. The van der Waals surface area contributed by atoms with E-state index in [4.69, 9.17) is 23.7 Å². The van der Waals surface area contributed by atoms with Crippen LogP contribution in [0.4, 0.5) is 5.69 Å². The molecule has 0 unspecified atom stereocenters. The van der Waals surface area contributed by atoms with E-state index in [-0.39, 0.29) is 5.91 Å². The Kier molecular flexibility index (Phi) is 4.77. The standard InChI is InChI=1S/C19H25NO6S/c1-18(2)23-12-13(24-18)15-17(26-19(3,4)25-15)22-14(12)16(21)20-10-8-6-7-9-11(10)27-5/h6-9,12-15,17H,1-5H3,(H,20,21)/t12-,13-,14+,15+,17+/m0/s1. The van der Waals surface area contributed by atoms with Gasteiger partial charge in [-0.2, -0.15) is 0 Å². The molecule has 8 heteroatoms. The van der Waals surface area contributed by atoms with Crippen LogP contribution in [0.3, 0.4) is 0 Å². The summed E-state index contributed by atoms with van der Waals surface area (Å²) >= 11 is 1.56. The van der Waals surface area contributed by atoms with Crippen LogP contribution in [0.25, 0.3) is 0 Å². The van der Waals surface area contributed by atoms with Crippen molar-refractivity contribution in [2.75, 3.05) is 11.6 Å². The lowest BCUT2D eigenvalue weighted by molar-refractivity contribution is -0.229. The third-order valence-corrected chi connectivity index (χ3v) is 5.57. The molecule has 0 aromatic heterocycles. The van der Waals surface area contributed by atoms with E-state index < -0.39 is 42.3 Å². The fraction of sp³-hybridized carbons (Fsp3) is 0.632. The third kappa shape index (κ3) is 3.62. The van der Waals surface area contributed by atoms with Crippen LogP contribution in [-0.4, -0.2) is 54.4 Å². The summed E-state index contributed by atoms with van der Waals surface area (Å²) in [7, 11) is 0. The molecular weight excluding hydrogens is 370 g/mol. The summed E-state index contributed by atoms with van der Waals surface area (Å²) < 4.78 is 29.8. The van der Waals surface area contributed by atoms with Crippen molar-refractivity contribution in [1.29, 1.82) is 0 Å². The maximum atomic E-state index is 13.1. The number of fused-ring (bicyclic) bond motifs is 3. The first-order chi connectivity index (χ1) is 12.7. The van der Waals surface area contributed by atoms with Gasteiger partial charge in [0.2, 0.25) is 0 Å². The number of anilines is 1. The molecular formula is C19H25NO6S. The highest BCUT2D eigenvalue weighted by Gasteiger charge is 2.62. The van der Waals surface area contributed by atoms with Gasteiger partial charge in [-0.05, 0) is 46.1 Å². The summed E-state index contributed by atoms with van der Waals surface area (Å²) in [6.07, 6.45) is -1.08. The van der Waals surface area contributed by atoms with E-state index >= 15 is 0 Å². The van der Waals surface area contributed by atoms with E-state index in [1.165, 1.54) is 0 Å². The van der Waals surface area contributed by atoms with Crippen molar-refractivity contribution in [2.45, 2.75) is 74.9 Å². The molecule has 3 aliphatic heterocycles. The molecule has 4 rings (SSSR count). The fourth-order valence-corrected chi connectivity index (χ4v) is 4.33. The van der Waals surface area contributed by atoms with Crippen molar-refractivity contribution in [3.63, 3.8) is 0 Å². The molecule has 0 spiro atoms. The van der Waals surface area contributed by atoms with E-state index in [9.17, 15) is 4.79 Å². The van der Waals surface area contributed by atoms with Gasteiger partial charge in [-0.1, -0.05) is 12.1 Å². The highest BCUT2D eigenvalue weighted by molar-refractivity contribution is 7.98. The number of para-hydroxylation sites is 1. The second-order valence-corrected chi connectivity index (χ2v) is 8.63. The van der Waals surface area contributed by atoms with Crippen molar-refractivity contribution >= 4 is 23.4 Å². The lowest BCUT2D eigenvalue weighted by Crippen LogP contribution is -2.58. The fourth-order valence-electron chi connectivity index (χ4n) is 3.78. The van der Waals surface area contributed by atoms with Crippen molar-refractivity contribution in [3.8, 4) is 0 Å². The Morgan fingerprint density at radius 1 is 0.963 bits per heavy atom. The lowest BCUT2D eigenvalue weighted by Gasteiger charge is -2.36. The SMILES string of the molecule is CSc1ccccc1NC(=O)[C@@H]1O[C@@H]2OC(C)(C)O[C@@H]2[C@H]2OC(C)(C)O[C@@H]21. The molecule has 0 aliphatic carbocycles. The highest BCUT2D eigenvalue weighted by Crippen LogP contribution is 2.44. The van der Waals surface area contributed by atoms with Crippen LogP contribution < -0.4 is 5.32 Å². The maximum absolute atomic E-state index is 13.1. The topological polar surface area (TPSA) is 75.3 Å². The van der Waals surface area contributed by atoms with Crippen LogP contribution >= 0.6 is 11.8 Å². The average Bonchev–Trinajstić information content (AvgIpc) is 3.08. The monoisotopic (exact) mass is 395 g/mol. The summed E-state index contributed by atoms with van der Waals surface area (Å²) in [5.41, 5.74) is 0.736. The van der Waals surface area contributed by atoms with E-state index in [0.29, 0.717) is 0 Å². The summed E-state index contributed by atoms with van der Waals surface area (Å²) in [4.78, 5) is 14.0. The molecule has 0 radical (unpaired) electrons. The molecule has 3 fully saturated rings. The molecule has 0 saturated carbocycles. The third-order valence-electron chi connectivity index (χ3n) is 4.78. The predicted octanol–water partition coefficient (Wildman–Crippen LogP) is 2.74. The number of benzene rings is 1. The van der Waals surface area contributed by atoms with Gasteiger partial charge in [0.15, 0.2) is 24.0 Å². The molecule has 1 aromatic rings. The van der Waals surface area contributed by atoms with E-state index in [1.807, 2.05) is 58.2 Å². The lowest BCUT2D eigenvalue weighted by atomic mass is 9.98. The van der Waals surface area contributed by atoms with E-state index in [0.717, 1.165) is 10.6 Å². The summed E-state index contributed by atoms with van der Waals surface area (Å²) in [6, 6.07) is 7.63. The Morgan fingerprint density at radius 2 is 1.59 bits per heavy atom. The summed E-state index contributed by atoms with van der Waals surface area (Å²) in [5.74, 6) is -1.94. The van der Waals surface area contributed by atoms with Crippen molar-refractivity contribution in [1.82, 2.24) is 0 Å². The largest absolute Gasteiger partial charge is 0.342 e. The van der Waals surface area contributed by atoms with Crippen LogP contribution in [0.1, 0.15) is 27.7 Å². The number of hydrogen-bond acceptors (Lipinski definition) is 7. The molecule has 3 saturated heterocycles. The Labute approximate surface area is 163 Å². The number of thioether (sulfide) groups is 1. The molecule has 1 aromatic carbocycles.